The summed E-state index contributed by atoms with van der Waals surface area (Å²) < 4.78 is 0. The van der Waals surface area contributed by atoms with Crippen LogP contribution >= 0.6 is 11.8 Å². The third kappa shape index (κ3) is 5.81. The molecule has 0 saturated carbocycles. The van der Waals surface area contributed by atoms with E-state index in [-0.39, 0.29) is 23.4 Å². The fourth-order valence-corrected chi connectivity index (χ4v) is 3.59. The van der Waals surface area contributed by atoms with Crippen molar-refractivity contribution in [1.82, 2.24) is 0 Å². The molecule has 0 saturated heterocycles. The van der Waals surface area contributed by atoms with Gasteiger partial charge in [0.15, 0.2) is 5.78 Å². The van der Waals surface area contributed by atoms with Crippen molar-refractivity contribution in [2.45, 2.75) is 18.7 Å². The average molecular weight is 419 g/mol. The summed E-state index contributed by atoms with van der Waals surface area (Å²) in [5, 5.41) is 5.69. The van der Waals surface area contributed by atoms with Gasteiger partial charge in [0.25, 0.3) is 5.91 Å². The maximum Gasteiger partial charge on any atom is 0.256 e. The standard InChI is InChI=1S/C24H22N2O3S/c1-16-7-11-19(12-8-16)25-23(28)15-30-22-6-4-3-5-21(22)24(29)26-20-13-9-18(10-14-20)17(2)27/h3-14H,15H2,1-2H3,(H,25,28)(H,26,29). The highest BCUT2D eigenvalue weighted by atomic mass is 32.2. The monoisotopic (exact) mass is 418 g/mol. The average Bonchev–Trinajstić information content (AvgIpc) is 2.74. The lowest BCUT2D eigenvalue weighted by Gasteiger charge is -2.11. The second-order valence-corrected chi connectivity index (χ2v) is 7.80. The van der Waals surface area contributed by atoms with E-state index in [0.717, 1.165) is 16.1 Å². The number of aryl methyl sites for hydroxylation is 1. The fraction of sp³-hybridized carbons (Fsp3) is 0.125. The number of hydrogen-bond donors (Lipinski definition) is 2. The molecule has 0 aliphatic rings. The molecule has 0 aliphatic carbocycles. The lowest BCUT2D eigenvalue weighted by atomic mass is 10.1. The Balaban J connectivity index is 1.63. The summed E-state index contributed by atoms with van der Waals surface area (Å²) in [6, 6.07) is 21.5. The minimum absolute atomic E-state index is 0.0291. The molecule has 2 amide bonds. The molecule has 2 N–H and O–H groups in total. The number of nitrogens with one attached hydrogen (secondary N) is 2. The van der Waals surface area contributed by atoms with Crippen LogP contribution in [0.4, 0.5) is 11.4 Å². The Kier molecular flexibility index (Phi) is 7.03. The molecule has 3 rings (SSSR count). The molecule has 6 heteroatoms. The Morgan fingerprint density at radius 3 is 2.07 bits per heavy atom. The number of Topliss-reactive ketones (excluding diaryl/α,β-unsaturated/α-hetero) is 1. The molecule has 0 radical (unpaired) electrons. The van der Waals surface area contributed by atoms with Crippen LogP contribution in [0.15, 0.2) is 77.7 Å². The molecule has 0 fully saturated rings. The van der Waals surface area contributed by atoms with E-state index >= 15 is 0 Å². The number of benzene rings is 3. The number of rotatable bonds is 7. The van der Waals surface area contributed by atoms with E-state index in [1.807, 2.05) is 43.3 Å². The molecular formula is C24H22N2O3S. The second-order valence-electron chi connectivity index (χ2n) is 6.79. The van der Waals surface area contributed by atoms with E-state index in [2.05, 4.69) is 10.6 Å². The van der Waals surface area contributed by atoms with Crippen molar-refractivity contribution in [3.8, 4) is 0 Å². The van der Waals surface area contributed by atoms with Gasteiger partial charge < -0.3 is 10.6 Å². The van der Waals surface area contributed by atoms with Crippen LogP contribution < -0.4 is 10.6 Å². The highest BCUT2D eigenvalue weighted by Gasteiger charge is 2.13. The van der Waals surface area contributed by atoms with Crippen molar-refractivity contribution >= 4 is 40.7 Å². The normalized spacial score (nSPS) is 10.3. The number of hydrogen-bond acceptors (Lipinski definition) is 4. The Morgan fingerprint density at radius 1 is 0.800 bits per heavy atom. The van der Waals surface area contributed by atoms with Crippen molar-refractivity contribution in [3.05, 3.63) is 89.5 Å². The molecule has 30 heavy (non-hydrogen) atoms. The SMILES string of the molecule is CC(=O)c1ccc(NC(=O)c2ccccc2SCC(=O)Nc2ccc(C)cc2)cc1. The molecule has 0 aromatic heterocycles. The van der Waals surface area contributed by atoms with Gasteiger partial charge in [-0.25, -0.2) is 0 Å². The third-order valence-corrected chi connectivity index (χ3v) is 5.45. The van der Waals surface area contributed by atoms with Crippen LogP contribution in [0.1, 0.15) is 33.2 Å². The number of amides is 2. The minimum Gasteiger partial charge on any atom is -0.325 e. The van der Waals surface area contributed by atoms with E-state index in [1.54, 1.807) is 36.4 Å². The first-order chi connectivity index (χ1) is 14.4. The van der Waals surface area contributed by atoms with E-state index in [0.29, 0.717) is 16.8 Å². The Hall–Kier alpha value is -3.38. The topological polar surface area (TPSA) is 75.3 Å². The van der Waals surface area contributed by atoms with Gasteiger partial charge in [-0.2, -0.15) is 0 Å². The number of carbonyl (C=O) groups excluding carboxylic acids is 3. The quantitative estimate of drug-likeness (QED) is 0.409. The number of anilines is 2. The van der Waals surface area contributed by atoms with Crippen molar-refractivity contribution in [2.75, 3.05) is 16.4 Å². The van der Waals surface area contributed by atoms with Crippen LogP contribution in [-0.2, 0) is 4.79 Å². The van der Waals surface area contributed by atoms with Gasteiger partial charge in [-0.3, -0.25) is 14.4 Å². The van der Waals surface area contributed by atoms with Gasteiger partial charge in [-0.05, 0) is 62.4 Å². The summed E-state index contributed by atoms with van der Waals surface area (Å²) >= 11 is 1.31. The predicted molar refractivity (Wildman–Crippen MR) is 121 cm³/mol. The predicted octanol–water partition coefficient (Wildman–Crippen LogP) is 5.18. The molecule has 152 valence electrons. The Morgan fingerprint density at radius 2 is 1.40 bits per heavy atom. The summed E-state index contributed by atoms with van der Waals surface area (Å²) in [4.78, 5) is 37.1. The van der Waals surface area contributed by atoms with E-state index in [1.165, 1.54) is 18.7 Å². The van der Waals surface area contributed by atoms with Gasteiger partial charge in [0.05, 0.1) is 11.3 Å². The Labute approximate surface area is 179 Å². The molecule has 0 aliphatic heterocycles. The van der Waals surface area contributed by atoms with E-state index in [9.17, 15) is 14.4 Å². The summed E-state index contributed by atoms with van der Waals surface area (Å²) in [6.45, 7) is 3.48. The molecule has 0 bridgehead atoms. The molecule has 0 atom stereocenters. The van der Waals surface area contributed by atoms with Crippen LogP contribution in [0.3, 0.4) is 0 Å². The van der Waals surface area contributed by atoms with Gasteiger partial charge in [-0.15, -0.1) is 11.8 Å². The van der Waals surface area contributed by atoms with Crippen molar-refractivity contribution < 1.29 is 14.4 Å². The molecule has 5 nitrogen and oxygen atoms in total. The van der Waals surface area contributed by atoms with Crippen LogP contribution in [0, 0.1) is 6.92 Å². The zero-order valence-corrected chi connectivity index (χ0v) is 17.6. The van der Waals surface area contributed by atoms with Gasteiger partial charge in [0, 0.05) is 21.8 Å². The van der Waals surface area contributed by atoms with Gasteiger partial charge in [0.2, 0.25) is 5.91 Å². The molecule has 0 heterocycles. The Bertz CT molecular complexity index is 1060. The van der Waals surface area contributed by atoms with Gasteiger partial charge >= 0.3 is 0 Å². The molecular weight excluding hydrogens is 396 g/mol. The third-order valence-electron chi connectivity index (χ3n) is 4.38. The van der Waals surface area contributed by atoms with Crippen LogP contribution in [0.2, 0.25) is 0 Å². The first-order valence-electron chi connectivity index (χ1n) is 9.43. The first-order valence-corrected chi connectivity index (χ1v) is 10.4. The summed E-state index contributed by atoms with van der Waals surface area (Å²) in [7, 11) is 0. The van der Waals surface area contributed by atoms with Crippen LogP contribution in [0.25, 0.3) is 0 Å². The smallest absolute Gasteiger partial charge is 0.256 e. The van der Waals surface area contributed by atoms with Crippen molar-refractivity contribution in [1.29, 1.82) is 0 Å². The zero-order chi connectivity index (χ0) is 21.5. The molecule has 3 aromatic rings. The maximum atomic E-state index is 12.7. The highest BCUT2D eigenvalue weighted by Crippen LogP contribution is 2.24. The first kappa shape index (κ1) is 21.3. The number of ketones is 1. The lowest BCUT2D eigenvalue weighted by molar-refractivity contribution is -0.113. The lowest BCUT2D eigenvalue weighted by Crippen LogP contribution is -2.16. The molecule has 3 aromatic carbocycles. The van der Waals surface area contributed by atoms with Gasteiger partial charge in [-0.1, -0.05) is 29.8 Å². The molecule has 0 unspecified atom stereocenters. The number of thioether (sulfide) groups is 1. The minimum atomic E-state index is -0.271. The summed E-state index contributed by atoms with van der Waals surface area (Å²) in [6.07, 6.45) is 0. The van der Waals surface area contributed by atoms with Crippen molar-refractivity contribution in [2.24, 2.45) is 0 Å². The largest absolute Gasteiger partial charge is 0.325 e. The van der Waals surface area contributed by atoms with E-state index < -0.39 is 0 Å². The number of carbonyl (C=O) groups is 3. The van der Waals surface area contributed by atoms with E-state index in [4.69, 9.17) is 0 Å². The fourth-order valence-electron chi connectivity index (χ4n) is 2.74. The van der Waals surface area contributed by atoms with Crippen LogP contribution in [-0.4, -0.2) is 23.4 Å². The molecule has 0 spiro atoms. The van der Waals surface area contributed by atoms with Crippen molar-refractivity contribution in [3.63, 3.8) is 0 Å². The summed E-state index contributed by atoms with van der Waals surface area (Å²) in [5.41, 5.74) is 3.54. The van der Waals surface area contributed by atoms with Gasteiger partial charge in [0.1, 0.15) is 0 Å². The highest BCUT2D eigenvalue weighted by molar-refractivity contribution is 8.00. The zero-order valence-electron chi connectivity index (χ0n) is 16.8. The second kappa shape index (κ2) is 9.89. The summed E-state index contributed by atoms with van der Waals surface area (Å²) in [5.74, 6) is -0.254. The maximum absolute atomic E-state index is 12.7. The van der Waals surface area contributed by atoms with Crippen LogP contribution in [0.5, 0.6) is 0 Å².